The van der Waals surface area contributed by atoms with Gasteiger partial charge in [0.25, 0.3) is 0 Å². The predicted octanol–water partition coefficient (Wildman–Crippen LogP) is 1.53. The summed E-state index contributed by atoms with van der Waals surface area (Å²) in [5.41, 5.74) is 0. The number of carbonyl (C=O) groups excluding carboxylic acids is 2. The van der Waals surface area contributed by atoms with E-state index >= 15 is 0 Å². The van der Waals surface area contributed by atoms with Crippen LogP contribution in [0, 0.1) is 0 Å². The van der Waals surface area contributed by atoms with Crippen LogP contribution in [0.15, 0.2) is 33.6 Å². The third kappa shape index (κ3) is 6.21. The van der Waals surface area contributed by atoms with Gasteiger partial charge in [0.1, 0.15) is 6.54 Å². The highest BCUT2D eigenvalue weighted by Crippen LogP contribution is 2.20. The van der Waals surface area contributed by atoms with Gasteiger partial charge in [-0.25, -0.2) is 13.1 Å². The second-order valence-electron chi connectivity index (χ2n) is 4.97. The van der Waals surface area contributed by atoms with Gasteiger partial charge in [0.05, 0.1) is 12.0 Å². The molecule has 134 valence electrons. The van der Waals surface area contributed by atoms with Crippen molar-refractivity contribution in [2.45, 2.75) is 24.7 Å². The lowest BCUT2D eigenvalue weighted by molar-refractivity contribution is -0.147. The minimum atomic E-state index is -3.71. The van der Waals surface area contributed by atoms with Gasteiger partial charge in [0.2, 0.25) is 15.9 Å². The number of amides is 1. The molecule has 0 radical (unpaired) electrons. The van der Waals surface area contributed by atoms with Crippen LogP contribution in [0.5, 0.6) is 0 Å². The van der Waals surface area contributed by atoms with Gasteiger partial charge < -0.3 is 9.64 Å². The predicted molar refractivity (Wildman–Crippen MR) is 92.8 cm³/mol. The molecule has 0 fully saturated rings. The number of nitrogens with one attached hydrogen (secondary N) is 1. The maximum absolute atomic E-state index is 12.2. The maximum atomic E-state index is 12.2. The summed E-state index contributed by atoms with van der Waals surface area (Å²) in [7, 11) is -2.46. The fourth-order valence-corrected chi connectivity index (χ4v) is 4.01. The number of sulfonamides is 1. The molecular formula is C15H21BrN2O5S. The average Bonchev–Trinajstić information content (AvgIpc) is 2.54. The summed E-state index contributed by atoms with van der Waals surface area (Å²) in [5, 5.41) is 0. The Morgan fingerprint density at radius 3 is 2.54 bits per heavy atom. The van der Waals surface area contributed by atoms with E-state index in [0.29, 0.717) is 17.4 Å². The minimum absolute atomic E-state index is 0.0410. The molecule has 0 aliphatic rings. The van der Waals surface area contributed by atoms with Gasteiger partial charge in [-0.2, -0.15) is 0 Å². The summed E-state index contributed by atoms with van der Waals surface area (Å²) in [6.07, 6.45) is 0.645. The van der Waals surface area contributed by atoms with Crippen molar-refractivity contribution in [3.63, 3.8) is 0 Å². The van der Waals surface area contributed by atoms with Crippen molar-refractivity contribution in [1.29, 1.82) is 0 Å². The number of benzene rings is 1. The molecule has 1 aromatic carbocycles. The van der Waals surface area contributed by atoms with Crippen molar-refractivity contribution in [3.05, 3.63) is 28.7 Å². The fraction of sp³-hybridized carbons (Fsp3) is 0.467. The number of halogens is 1. The van der Waals surface area contributed by atoms with Crippen molar-refractivity contribution < 1.29 is 22.7 Å². The van der Waals surface area contributed by atoms with Crippen LogP contribution < -0.4 is 4.72 Å². The maximum Gasteiger partial charge on any atom is 0.325 e. The Hall–Kier alpha value is -1.45. The van der Waals surface area contributed by atoms with Gasteiger partial charge in [-0.3, -0.25) is 9.59 Å². The molecule has 0 unspecified atom stereocenters. The summed E-state index contributed by atoms with van der Waals surface area (Å²) in [6, 6.07) is 6.42. The van der Waals surface area contributed by atoms with Crippen LogP contribution >= 0.6 is 15.9 Å². The molecular weight excluding hydrogens is 400 g/mol. The number of rotatable bonds is 9. The molecule has 9 heteroatoms. The lowest BCUT2D eigenvalue weighted by Crippen LogP contribution is -2.38. The SMILES string of the molecule is CCCN(CC(=O)OC)C(=O)CCNS(=O)(=O)c1ccccc1Br. The van der Waals surface area contributed by atoms with E-state index in [4.69, 9.17) is 0 Å². The van der Waals surface area contributed by atoms with Gasteiger partial charge in [0, 0.05) is 24.0 Å². The zero-order chi connectivity index (χ0) is 18.2. The van der Waals surface area contributed by atoms with Crippen LogP contribution in [-0.2, 0) is 24.3 Å². The largest absolute Gasteiger partial charge is 0.468 e. The molecule has 0 atom stereocenters. The molecule has 0 aromatic heterocycles. The first-order valence-electron chi connectivity index (χ1n) is 7.40. The Kier molecular flexibility index (Phi) is 8.37. The third-order valence-electron chi connectivity index (χ3n) is 3.15. The zero-order valence-corrected chi connectivity index (χ0v) is 16.0. The summed E-state index contributed by atoms with van der Waals surface area (Å²) in [4.78, 5) is 24.9. The Morgan fingerprint density at radius 2 is 1.96 bits per heavy atom. The second kappa shape index (κ2) is 9.75. The van der Waals surface area contributed by atoms with E-state index < -0.39 is 16.0 Å². The van der Waals surface area contributed by atoms with E-state index in [1.165, 1.54) is 18.1 Å². The van der Waals surface area contributed by atoms with Crippen molar-refractivity contribution in [2.75, 3.05) is 26.7 Å². The lowest BCUT2D eigenvalue weighted by Gasteiger charge is -2.20. The molecule has 24 heavy (non-hydrogen) atoms. The molecule has 0 spiro atoms. The number of ether oxygens (including phenoxy) is 1. The first-order chi connectivity index (χ1) is 11.3. The summed E-state index contributed by atoms with van der Waals surface area (Å²) < 4.78 is 31.8. The first kappa shape index (κ1) is 20.6. The molecule has 0 saturated heterocycles. The number of hydrogen-bond donors (Lipinski definition) is 1. The van der Waals surface area contributed by atoms with Gasteiger partial charge in [-0.05, 0) is 34.5 Å². The molecule has 1 aromatic rings. The molecule has 0 aliphatic carbocycles. The van der Waals surface area contributed by atoms with Gasteiger partial charge in [-0.15, -0.1) is 0 Å². The Labute approximate surface area is 150 Å². The topological polar surface area (TPSA) is 92.8 Å². The van der Waals surface area contributed by atoms with Crippen LogP contribution in [0.1, 0.15) is 19.8 Å². The highest BCUT2D eigenvalue weighted by molar-refractivity contribution is 9.10. The van der Waals surface area contributed by atoms with E-state index in [-0.39, 0.29) is 30.3 Å². The Morgan fingerprint density at radius 1 is 1.29 bits per heavy atom. The molecule has 0 saturated carbocycles. The molecule has 0 heterocycles. The smallest absolute Gasteiger partial charge is 0.325 e. The van der Waals surface area contributed by atoms with Gasteiger partial charge in [-0.1, -0.05) is 19.1 Å². The highest BCUT2D eigenvalue weighted by Gasteiger charge is 2.20. The molecule has 7 nitrogen and oxygen atoms in total. The summed E-state index contributed by atoms with van der Waals surface area (Å²) in [5.74, 6) is -0.817. The van der Waals surface area contributed by atoms with E-state index in [1.54, 1.807) is 18.2 Å². The quantitative estimate of drug-likeness (QED) is 0.611. The zero-order valence-electron chi connectivity index (χ0n) is 13.6. The van der Waals surface area contributed by atoms with Crippen LogP contribution in [0.25, 0.3) is 0 Å². The second-order valence-corrected chi connectivity index (χ2v) is 7.56. The lowest BCUT2D eigenvalue weighted by atomic mass is 10.3. The van der Waals surface area contributed by atoms with Crippen LogP contribution in [0.2, 0.25) is 0 Å². The Balaban J connectivity index is 2.63. The number of methoxy groups -OCH3 is 1. The van der Waals surface area contributed by atoms with Crippen LogP contribution in [-0.4, -0.2) is 51.9 Å². The van der Waals surface area contributed by atoms with Gasteiger partial charge in [0.15, 0.2) is 0 Å². The van der Waals surface area contributed by atoms with Crippen LogP contribution in [0.3, 0.4) is 0 Å². The average molecular weight is 421 g/mol. The number of nitrogens with zero attached hydrogens (tertiary/aromatic N) is 1. The molecule has 1 amide bonds. The summed E-state index contributed by atoms with van der Waals surface area (Å²) in [6.45, 7) is 2.10. The number of carbonyl (C=O) groups is 2. The fourth-order valence-electron chi connectivity index (χ4n) is 1.97. The van der Waals surface area contributed by atoms with Crippen molar-refractivity contribution >= 4 is 37.8 Å². The molecule has 1 rings (SSSR count). The van der Waals surface area contributed by atoms with E-state index in [1.807, 2.05) is 6.92 Å². The van der Waals surface area contributed by atoms with E-state index in [9.17, 15) is 18.0 Å². The molecule has 1 N–H and O–H groups in total. The first-order valence-corrected chi connectivity index (χ1v) is 9.68. The minimum Gasteiger partial charge on any atom is -0.468 e. The monoisotopic (exact) mass is 420 g/mol. The normalized spacial score (nSPS) is 11.1. The highest BCUT2D eigenvalue weighted by atomic mass is 79.9. The van der Waals surface area contributed by atoms with Crippen molar-refractivity contribution in [1.82, 2.24) is 9.62 Å². The van der Waals surface area contributed by atoms with E-state index in [2.05, 4.69) is 25.4 Å². The van der Waals surface area contributed by atoms with Crippen molar-refractivity contribution in [3.8, 4) is 0 Å². The Bertz CT molecular complexity index is 678. The number of hydrogen-bond acceptors (Lipinski definition) is 5. The molecule has 0 bridgehead atoms. The summed E-state index contributed by atoms with van der Waals surface area (Å²) >= 11 is 3.19. The third-order valence-corrected chi connectivity index (χ3v) is 5.62. The number of esters is 1. The molecule has 0 aliphatic heterocycles. The standard InChI is InChI=1S/C15H21BrN2O5S/c1-3-10-18(11-15(20)23-2)14(19)8-9-17-24(21,22)13-7-5-4-6-12(13)16/h4-7,17H,3,8-11H2,1-2H3. The van der Waals surface area contributed by atoms with Crippen LogP contribution in [0.4, 0.5) is 0 Å². The van der Waals surface area contributed by atoms with Crippen molar-refractivity contribution in [2.24, 2.45) is 0 Å². The van der Waals surface area contributed by atoms with Gasteiger partial charge >= 0.3 is 5.97 Å². The van der Waals surface area contributed by atoms with E-state index in [0.717, 1.165) is 0 Å².